The lowest BCUT2D eigenvalue weighted by Gasteiger charge is -2.31. The molecule has 10 heteroatoms. The van der Waals surface area contributed by atoms with Crippen molar-refractivity contribution in [2.75, 3.05) is 26.2 Å². The first-order valence-corrected chi connectivity index (χ1v) is 10.5. The quantitative estimate of drug-likeness (QED) is 0.561. The number of nitrogens with zero attached hydrogens (tertiary/aromatic N) is 4. The number of aromatic nitrogens is 3. The zero-order valence-electron chi connectivity index (χ0n) is 14.2. The number of nitrogens with one attached hydrogen (secondary N) is 1. The first-order chi connectivity index (χ1) is 12.4. The van der Waals surface area contributed by atoms with E-state index in [1.54, 1.807) is 41.4 Å². The number of hydrogen-bond acceptors (Lipinski definition) is 4. The van der Waals surface area contributed by atoms with Crippen molar-refractivity contribution in [2.45, 2.75) is 18.1 Å². The van der Waals surface area contributed by atoms with Gasteiger partial charge in [0.25, 0.3) is 0 Å². The van der Waals surface area contributed by atoms with Gasteiger partial charge in [0, 0.05) is 6.54 Å². The zero-order valence-corrected chi connectivity index (χ0v) is 16.6. The van der Waals surface area contributed by atoms with Gasteiger partial charge in [0.05, 0.1) is 31.2 Å². The van der Waals surface area contributed by atoms with Crippen LogP contribution in [0, 0.1) is 4.77 Å². The SMILES string of the molecule is C=CCn1cnn(C[NH+]2CCN(S(=O)(=O)c3ccccc3Cl)CC2)c1=S. The summed E-state index contributed by atoms with van der Waals surface area (Å²) in [6, 6.07) is 6.54. The Kier molecular flexibility index (Phi) is 5.93. The molecule has 2 heterocycles. The van der Waals surface area contributed by atoms with Crippen molar-refractivity contribution >= 4 is 33.8 Å². The molecule has 0 aliphatic carbocycles. The highest BCUT2D eigenvalue weighted by Crippen LogP contribution is 2.23. The summed E-state index contributed by atoms with van der Waals surface area (Å²) in [6.45, 7) is 7.17. The molecule has 140 valence electrons. The normalized spacial score (nSPS) is 16.7. The molecule has 0 saturated carbocycles. The molecule has 1 aliphatic heterocycles. The van der Waals surface area contributed by atoms with Crippen molar-refractivity contribution in [1.29, 1.82) is 0 Å². The molecule has 0 unspecified atom stereocenters. The van der Waals surface area contributed by atoms with Crippen molar-refractivity contribution in [3.63, 3.8) is 0 Å². The summed E-state index contributed by atoms with van der Waals surface area (Å²) in [5.41, 5.74) is 0. The van der Waals surface area contributed by atoms with Crippen LogP contribution in [0.25, 0.3) is 0 Å². The fourth-order valence-corrected chi connectivity index (χ4v) is 5.12. The van der Waals surface area contributed by atoms with E-state index < -0.39 is 10.0 Å². The van der Waals surface area contributed by atoms with E-state index >= 15 is 0 Å². The van der Waals surface area contributed by atoms with Crippen LogP contribution < -0.4 is 4.90 Å². The van der Waals surface area contributed by atoms with Crippen LogP contribution in [0.4, 0.5) is 0 Å². The number of sulfonamides is 1. The molecule has 0 radical (unpaired) electrons. The number of rotatable bonds is 6. The molecule has 1 aromatic heterocycles. The molecule has 26 heavy (non-hydrogen) atoms. The van der Waals surface area contributed by atoms with Crippen LogP contribution in [0.15, 0.2) is 48.1 Å². The van der Waals surface area contributed by atoms with E-state index in [9.17, 15) is 8.42 Å². The summed E-state index contributed by atoms with van der Waals surface area (Å²) < 4.78 is 31.3. The maximum absolute atomic E-state index is 12.8. The molecule has 1 N–H and O–H groups in total. The average molecular weight is 415 g/mol. The van der Waals surface area contributed by atoms with Gasteiger partial charge in [-0.1, -0.05) is 29.8 Å². The standard InChI is InChI=1S/C16H20ClN5O2S2/c1-2-7-20-12-18-22(16(20)25)13-19-8-10-21(11-9-19)26(23,24)15-6-4-3-5-14(15)17/h2-6,12H,1,7-11,13H2/p+1. The Morgan fingerprint density at radius 1 is 1.31 bits per heavy atom. The van der Waals surface area contributed by atoms with Crippen molar-refractivity contribution in [3.8, 4) is 0 Å². The van der Waals surface area contributed by atoms with Crippen LogP contribution in [0.3, 0.4) is 0 Å². The van der Waals surface area contributed by atoms with Crippen LogP contribution in [0.2, 0.25) is 5.02 Å². The van der Waals surface area contributed by atoms with E-state index in [0.29, 0.717) is 44.2 Å². The third-order valence-electron chi connectivity index (χ3n) is 4.38. The summed E-state index contributed by atoms with van der Waals surface area (Å²) in [5, 5.41) is 4.56. The smallest absolute Gasteiger partial charge is 0.244 e. The minimum atomic E-state index is -3.57. The van der Waals surface area contributed by atoms with E-state index in [1.165, 1.54) is 9.21 Å². The Hall–Kier alpha value is -1.52. The second-order valence-electron chi connectivity index (χ2n) is 6.10. The van der Waals surface area contributed by atoms with E-state index in [0.717, 1.165) is 0 Å². The maximum Gasteiger partial charge on any atom is 0.244 e. The first-order valence-electron chi connectivity index (χ1n) is 8.25. The van der Waals surface area contributed by atoms with Gasteiger partial charge in [0.2, 0.25) is 14.8 Å². The molecule has 1 saturated heterocycles. The van der Waals surface area contributed by atoms with Gasteiger partial charge in [-0.3, -0.25) is 0 Å². The molecule has 0 spiro atoms. The van der Waals surface area contributed by atoms with Crippen LogP contribution in [0.1, 0.15) is 0 Å². The molecule has 0 amide bonds. The Labute approximate surface area is 163 Å². The van der Waals surface area contributed by atoms with Gasteiger partial charge in [-0.15, -0.1) is 6.58 Å². The second kappa shape index (κ2) is 8.01. The lowest BCUT2D eigenvalue weighted by atomic mass is 10.4. The predicted octanol–water partition coefficient (Wildman–Crippen LogP) is 0.800. The van der Waals surface area contributed by atoms with Gasteiger partial charge >= 0.3 is 0 Å². The highest BCUT2D eigenvalue weighted by Gasteiger charge is 2.31. The lowest BCUT2D eigenvalue weighted by Crippen LogP contribution is -3.14. The summed E-state index contributed by atoms with van der Waals surface area (Å²) in [5.74, 6) is 0. The third kappa shape index (κ3) is 3.91. The molecule has 0 bridgehead atoms. The third-order valence-corrected chi connectivity index (χ3v) is 7.22. The van der Waals surface area contributed by atoms with Crippen LogP contribution >= 0.6 is 23.8 Å². The fraction of sp³-hybridized carbons (Fsp3) is 0.375. The number of quaternary nitrogens is 1. The van der Waals surface area contributed by atoms with Crippen molar-refractivity contribution < 1.29 is 13.3 Å². The number of allylic oxidation sites excluding steroid dienone is 1. The Balaban J connectivity index is 1.65. The van der Waals surface area contributed by atoms with E-state index in [4.69, 9.17) is 23.8 Å². The predicted molar refractivity (Wildman–Crippen MR) is 102 cm³/mol. The van der Waals surface area contributed by atoms with Gasteiger partial charge < -0.3 is 9.47 Å². The van der Waals surface area contributed by atoms with Gasteiger partial charge in [-0.2, -0.15) is 14.1 Å². The van der Waals surface area contributed by atoms with Crippen LogP contribution in [-0.4, -0.2) is 53.2 Å². The lowest BCUT2D eigenvalue weighted by molar-refractivity contribution is -0.926. The van der Waals surface area contributed by atoms with E-state index in [1.807, 2.05) is 4.57 Å². The Bertz CT molecular complexity index is 946. The van der Waals surface area contributed by atoms with Gasteiger partial charge in [0.15, 0.2) is 6.67 Å². The number of halogens is 1. The van der Waals surface area contributed by atoms with E-state index in [2.05, 4.69) is 11.7 Å². The van der Waals surface area contributed by atoms with Crippen molar-refractivity contribution in [3.05, 3.63) is 53.0 Å². The number of hydrogen-bond donors (Lipinski definition) is 1. The zero-order chi connectivity index (χ0) is 18.7. The number of piperazine rings is 1. The molecular weight excluding hydrogens is 394 g/mol. The summed E-state index contributed by atoms with van der Waals surface area (Å²) >= 11 is 11.5. The largest absolute Gasteiger partial charge is 0.314 e. The highest BCUT2D eigenvalue weighted by molar-refractivity contribution is 7.89. The molecule has 1 aromatic carbocycles. The summed E-state index contributed by atoms with van der Waals surface area (Å²) in [4.78, 5) is 1.39. The minimum Gasteiger partial charge on any atom is -0.314 e. The Morgan fingerprint density at radius 2 is 2.00 bits per heavy atom. The first kappa shape index (κ1) is 19.2. The molecule has 1 aliphatic rings. The molecule has 3 rings (SSSR count). The molecule has 2 aromatic rings. The second-order valence-corrected chi connectivity index (χ2v) is 8.78. The summed E-state index contributed by atoms with van der Waals surface area (Å²) in [7, 11) is -3.57. The van der Waals surface area contributed by atoms with Gasteiger partial charge in [0.1, 0.15) is 11.2 Å². The maximum atomic E-state index is 12.8. The fourth-order valence-electron chi connectivity index (χ4n) is 2.95. The highest BCUT2D eigenvalue weighted by atomic mass is 35.5. The van der Waals surface area contributed by atoms with Crippen LogP contribution in [0.5, 0.6) is 0 Å². The topological polar surface area (TPSA) is 64.6 Å². The molecule has 7 nitrogen and oxygen atoms in total. The molecule has 1 fully saturated rings. The van der Waals surface area contributed by atoms with Crippen molar-refractivity contribution in [2.24, 2.45) is 0 Å². The average Bonchev–Trinajstić information content (AvgIpc) is 2.96. The Morgan fingerprint density at radius 3 is 2.65 bits per heavy atom. The summed E-state index contributed by atoms with van der Waals surface area (Å²) in [6.07, 6.45) is 3.47. The molecular formula is C16H21ClN5O2S2+. The monoisotopic (exact) mass is 414 g/mol. The van der Waals surface area contributed by atoms with Crippen molar-refractivity contribution in [1.82, 2.24) is 18.7 Å². The van der Waals surface area contributed by atoms with E-state index in [-0.39, 0.29) is 9.92 Å². The van der Waals surface area contributed by atoms with Crippen LogP contribution in [-0.2, 0) is 23.2 Å². The molecule has 0 atom stereocenters. The minimum absolute atomic E-state index is 0.163. The van der Waals surface area contributed by atoms with Gasteiger partial charge in [-0.05, 0) is 24.4 Å². The van der Waals surface area contributed by atoms with Gasteiger partial charge in [-0.25, -0.2) is 8.42 Å². The number of benzene rings is 1.